The van der Waals surface area contributed by atoms with Gasteiger partial charge in [-0.25, -0.2) is 0 Å². The highest BCUT2D eigenvalue weighted by Crippen LogP contribution is 2.36. The molecule has 1 atom stereocenters. The van der Waals surface area contributed by atoms with Crippen molar-refractivity contribution >= 4 is 17.7 Å². The van der Waals surface area contributed by atoms with Crippen LogP contribution in [-0.2, 0) is 19.1 Å². The molecule has 0 aromatic heterocycles. The average molecular weight is 579 g/mol. The predicted octanol–water partition coefficient (Wildman–Crippen LogP) is 1.72. The summed E-state index contributed by atoms with van der Waals surface area (Å²) in [5.74, 6) is -6.64. The average Bonchev–Trinajstić information content (AvgIpc) is 2.79. The number of halogens is 9. The molecule has 0 fully saturated rings. The highest BCUT2D eigenvalue weighted by Gasteiger charge is 2.40. The van der Waals surface area contributed by atoms with Crippen LogP contribution in [0.5, 0.6) is 0 Å². The summed E-state index contributed by atoms with van der Waals surface area (Å²) in [7, 11) is 0. The summed E-state index contributed by atoms with van der Waals surface area (Å²) >= 11 is 0. The summed E-state index contributed by atoms with van der Waals surface area (Å²) in [6.45, 7) is -2.83. The third-order valence-corrected chi connectivity index (χ3v) is 5.21. The zero-order valence-electron chi connectivity index (χ0n) is 20.0. The van der Waals surface area contributed by atoms with Crippen molar-refractivity contribution in [2.45, 2.75) is 63.2 Å². The van der Waals surface area contributed by atoms with Crippen molar-refractivity contribution in [1.82, 2.24) is 16.0 Å². The van der Waals surface area contributed by atoms with Crippen LogP contribution in [0.3, 0.4) is 0 Å². The molecule has 0 spiro atoms. The van der Waals surface area contributed by atoms with E-state index in [0.29, 0.717) is 0 Å². The minimum absolute atomic E-state index is 0.0409. The number of aliphatic hydroxyl groups excluding tert-OH is 2. The molecule has 0 rings (SSSR count). The summed E-state index contributed by atoms with van der Waals surface area (Å²) in [4.78, 5) is 33.0. The number of nitrogens with one attached hydrogen (secondary N) is 3. The minimum atomic E-state index is -5.14. The molecule has 3 amide bonds. The lowest BCUT2D eigenvalue weighted by molar-refractivity contribution is -0.173. The van der Waals surface area contributed by atoms with Crippen molar-refractivity contribution in [3.63, 3.8) is 0 Å². The highest BCUT2D eigenvalue weighted by atomic mass is 19.4. The first-order valence-electron chi connectivity index (χ1n) is 11.3. The summed E-state index contributed by atoms with van der Waals surface area (Å²) in [5, 5.41) is 23.3. The van der Waals surface area contributed by atoms with E-state index in [1.807, 2.05) is 0 Å². The Balaban J connectivity index is 5.42. The molecule has 0 aromatic carbocycles. The number of alkyl halides is 9. The fraction of sp³-hybridized carbons (Fsp3) is 0.850. The maximum Gasteiger partial charge on any atom is 0.471 e. The van der Waals surface area contributed by atoms with Crippen LogP contribution in [0, 0.1) is 5.41 Å². The Morgan fingerprint density at radius 1 is 0.658 bits per heavy atom. The van der Waals surface area contributed by atoms with Crippen LogP contribution in [0.2, 0.25) is 0 Å². The van der Waals surface area contributed by atoms with Crippen LogP contribution in [0.1, 0.15) is 38.5 Å². The van der Waals surface area contributed by atoms with E-state index < -0.39 is 80.6 Å². The van der Waals surface area contributed by atoms with Gasteiger partial charge in [-0.1, -0.05) is 0 Å². The lowest BCUT2D eigenvalue weighted by Gasteiger charge is -2.35. The second-order valence-electron chi connectivity index (χ2n) is 8.42. The first-order valence-corrected chi connectivity index (χ1v) is 11.3. The maximum absolute atomic E-state index is 12.4. The Bertz CT molecular complexity index is 662. The van der Waals surface area contributed by atoms with Crippen molar-refractivity contribution in [3.8, 4) is 0 Å². The molecule has 38 heavy (non-hydrogen) atoms. The van der Waals surface area contributed by atoms with E-state index in [9.17, 15) is 59.0 Å². The third kappa shape index (κ3) is 15.2. The Morgan fingerprint density at radius 3 is 1.24 bits per heavy atom. The van der Waals surface area contributed by atoms with E-state index in [1.54, 1.807) is 16.0 Å². The quantitative estimate of drug-likeness (QED) is 0.132. The molecular formula is C20H30F9N3O6. The van der Waals surface area contributed by atoms with Gasteiger partial charge < -0.3 is 30.9 Å². The molecule has 0 aliphatic rings. The van der Waals surface area contributed by atoms with Gasteiger partial charge in [0, 0.05) is 19.6 Å². The lowest BCUT2D eigenvalue weighted by Crippen LogP contribution is -2.39. The van der Waals surface area contributed by atoms with Crippen LogP contribution in [0.25, 0.3) is 0 Å². The molecule has 5 N–H and O–H groups in total. The van der Waals surface area contributed by atoms with Crippen LogP contribution in [-0.4, -0.2) is 92.0 Å². The van der Waals surface area contributed by atoms with Gasteiger partial charge in [0.05, 0.1) is 19.8 Å². The van der Waals surface area contributed by atoms with Crippen molar-refractivity contribution in [1.29, 1.82) is 0 Å². The van der Waals surface area contributed by atoms with Crippen LogP contribution in [0.4, 0.5) is 39.5 Å². The van der Waals surface area contributed by atoms with E-state index in [1.165, 1.54) is 0 Å². The van der Waals surface area contributed by atoms with Gasteiger partial charge in [-0.15, -0.1) is 0 Å². The Labute approximate surface area is 211 Å². The topological polar surface area (TPSA) is 137 Å². The van der Waals surface area contributed by atoms with Crippen LogP contribution in [0.15, 0.2) is 0 Å². The van der Waals surface area contributed by atoms with E-state index in [-0.39, 0.29) is 45.1 Å². The van der Waals surface area contributed by atoms with Gasteiger partial charge in [0.25, 0.3) is 0 Å². The molecular weight excluding hydrogens is 549 g/mol. The first-order chi connectivity index (χ1) is 17.3. The molecule has 0 saturated carbocycles. The molecule has 0 radical (unpaired) electrons. The fourth-order valence-corrected chi connectivity index (χ4v) is 3.35. The van der Waals surface area contributed by atoms with E-state index in [2.05, 4.69) is 0 Å². The van der Waals surface area contributed by atoms with Crippen molar-refractivity contribution < 1.29 is 68.8 Å². The second kappa shape index (κ2) is 15.9. The number of amides is 3. The third-order valence-electron chi connectivity index (χ3n) is 5.21. The zero-order valence-corrected chi connectivity index (χ0v) is 20.0. The van der Waals surface area contributed by atoms with Gasteiger partial charge in [0.15, 0.2) is 0 Å². The molecule has 9 nitrogen and oxygen atoms in total. The van der Waals surface area contributed by atoms with Crippen molar-refractivity contribution in [3.05, 3.63) is 0 Å². The van der Waals surface area contributed by atoms with Crippen molar-refractivity contribution in [2.75, 3.05) is 39.5 Å². The SMILES string of the molecule is O=C(NCCCC(CCCNC(=O)C(F)(F)F)(CCCNC(=O)C(F)(F)F)COCC(O)CO)C(F)(F)F. The number of aliphatic hydroxyl groups is 2. The Morgan fingerprint density at radius 2 is 0.974 bits per heavy atom. The van der Waals surface area contributed by atoms with Crippen LogP contribution >= 0.6 is 0 Å². The van der Waals surface area contributed by atoms with Gasteiger partial charge in [-0.2, -0.15) is 39.5 Å². The number of hydrogen-bond acceptors (Lipinski definition) is 6. The standard InChI is InChI=1S/C20H30F9N3O6/c21-18(22,23)14(35)30-7-1-4-17(12-38-11-13(34)10-33,5-2-8-31-15(36)19(24,25)26)6-3-9-32-16(37)20(27,28)29/h13,33-34H,1-12H2,(H,30,35)(H,31,36)(H,32,37). The molecule has 0 heterocycles. The van der Waals surface area contributed by atoms with Crippen molar-refractivity contribution in [2.24, 2.45) is 5.41 Å². The van der Waals surface area contributed by atoms with Gasteiger partial charge >= 0.3 is 36.3 Å². The number of rotatable bonds is 17. The van der Waals surface area contributed by atoms with Gasteiger partial charge in [0.2, 0.25) is 0 Å². The second-order valence-corrected chi connectivity index (χ2v) is 8.42. The van der Waals surface area contributed by atoms with E-state index in [0.717, 1.165) is 0 Å². The van der Waals surface area contributed by atoms with Crippen LogP contribution < -0.4 is 16.0 Å². The molecule has 1 unspecified atom stereocenters. The largest absolute Gasteiger partial charge is 0.471 e. The number of carbonyl (C=O) groups excluding carboxylic acids is 3. The predicted molar refractivity (Wildman–Crippen MR) is 111 cm³/mol. The Hall–Kier alpha value is -2.34. The summed E-state index contributed by atoms with van der Waals surface area (Å²) < 4.78 is 117. The maximum atomic E-state index is 12.4. The number of hydrogen-bond donors (Lipinski definition) is 5. The molecule has 0 aliphatic carbocycles. The lowest BCUT2D eigenvalue weighted by atomic mass is 9.75. The molecule has 224 valence electrons. The zero-order chi connectivity index (χ0) is 29.6. The minimum Gasteiger partial charge on any atom is -0.394 e. The summed E-state index contributed by atoms with van der Waals surface area (Å²) in [5.41, 5.74) is -1.12. The Kier molecular flexibility index (Phi) is 14.9. The molecule has 0 bridgehead atoms. The monoisotopic (exact) mass is 579 g/mol. The smallest absolute Gasteiger partial charge is 0.394 e. The fourth-order valence-electron chi connectivity index (χ4n) is 3.35. The van der Waals surface area contributed by atoms with E-state index >= 15 is 0 Å². The number of carbonyl (C=O) groups is 3. The molecule has 0 aliphatic heterocycles. The number of ether oxygens (including phenoxy) is 1. The normalized spacial score (nSPS) is 13.7. The first kappa shape index (κ1) is 35.7. The van der Waals surface area contributed by atoms with Gasteiger partial charge in [-0.3, -0.25) is 14.4 Å². The highest BCUT2D eigenvalue weighted by molar-refractivity contribution is 5.82. The van der Waals surface area contributed by atoms with Gasteiger partial charge in [0.1, 0.15) is 6.10 Å². The molecule has 18 heteroatoms. The summed E-state index contributed by atoms with van der Waals surface area (Å²) in [6.07, 6.45) is -17.2. The summed E-state index contributed by atoms with van der Waals surface area (Å²) in [6, 6.07) is 0. The van der Waals surface area contributed by atoms with E-state index in [4.69, 9.17) is 9.84 Å². The molecule has 0 aromatic rings. The molecule has 0 saturated heterocycles. The van der Waals surface area contributed by atoms with Gasteiger partial charge in [-0.05, 0) is 43.9 Å².